The van der Waals surface area contributed by atoms with Crippen molar-refractivity contribution in [3.05, 3.63) is 10.7 Å². The lowest BCUT2D eigenvalue weighted by Gasteiger charge is -2.23. The van der Waals surface area contributed by atoms with E-state index in [-0.39, 0.29) is 0 Å². The summed E-state index contributed by atoms with van der Waals surface area (Å²) in [5.74, 6) is 6.50. The molecule has 1 unspecified atom stereocenters. The number of anilines is 2. The highest BCUT2D eigenvalue weighted by atomic mass is 79.9. The van der Waals surface area contributed by atoms with Crippen LogP contribution in [0.15, 0.2) is 10.7 Å². The lowest BCUT2D eigenvalue weighted by atomic mass is 10.2. The number of hydrazine groups is 1. The summed E-state index contributed by atoms with van der Waals surface area (Å²) in [6, 6.07) is 0.589. The summed E-state index contributed by atoms with van der Waals surface area (Å²) in [4.78, 5) is 10.8. The summed E-state index contributed by atoms with van der Waals surface area (Å²) in [7, 11) is 0. The highest BCUT2D eigenvalue weighted by molar-refractivity contribution is 9.10. The van der Waals surface area contributed by atoms with Crippen molar-refractivity contribution in [3.8, 4) is 0 Å². The molecule has 1 aromatic rings. The number of nitrogens with one attached hydrogen (secondary N) is 2. The fourth-order valence-electron chi connectivity index (χ4n) is 2.32. The molecule has 0 saturated carbocycles. The molecule has 7 heteroatoms. The predicted octanol–water partition coefficient (Wildman–Crippen LogP) is 1.42. The van der Waals surface area contributed by atoms with E-state index in [0.29, 0.717) is 12.0 Å². The second-order valence-electron chi connectivity index (χ2n) is 4.34. The standard InChI is InChI=1S/C11H19BrN6/c1-2-18-5-3-4-8(18)6-14-10-9(12)7-15-11(16-10)17-13/h7-8H,2-6,13H2,1H3,(H2,14,15,16,17). The van der Waals surface area contributed by atoms with Gasteiger partial charge in [0, 0.05) is 18.8 Å². The highest BCUT2D eigenvalue weighted by Crippen LogP contribution is 2.22. The molecular formula is C11H19BrN6. The van der Waals surface area contributed by atoms with Gasteiger partial charge in [0.1, 0.15) is 5.82 Å². The van der Waals surface area contributed by atoms with Crippen molar-refractivity contribution in [3.63, 3.8) is 0 Å². The number of likely N-dealkylation sites (tertiary alicyclic amines) is 1. The molecular weight excluding hydrogens is 296 g/mol. The zero-order chi connectivity index (χ0) is 13.0. The second kappa shape index (κ2) is 6.31. The van der Waals surface area contributed by atoms with Crippen LogP contribution >= 0.6 is 15.9 Å². The summed E-state index contributed by atoms with van der Waals surface area (Å²) < 4.78 is 0.850. The molecule has 0 aromatic carbocycles. The zero-order valence-corrected chi connectivity index (χ0v) is 12.1. The third-order valence-corrected chi connectivity index (χ3v) is 3.86. The van der Waals surface area contributed by atoms with E-state index in [0.717, 1.165) is 23.4 Å². The average molecular weight is 315 g/mol. The van der Waals surface area contributed by atoms with Crippen LogP contribution in [-0.2, 0) is 0 Å². The maximum Gasteiger partial charge on any atom is 0.239 e. The highest BCUT2D eigenvalue weighted by Gasteiger charge is 2.22. The number of likely N-dealkylation sites (N-methyl/N-ethyl adjacent to an activating group) is 1. The number of hydrogen-bond acceptors (Lipinski definition) is 6. The van der Waals surface area contributed by atoms with E-state index < -0.39 is 0 Å². The monoisotopic (exact) mass is 314 g/mol. The van der Waals surface area contributed by atoms with E-state index in [4.69, 9.17) is 5.84 Å². The second-order valence-corrected chi connectivity index (χ2v) is 5.19. The summed E-state index contributed by atoms with van der Waals surface area (Å²) >= 11 is 3.43. The minimum Gasteiger partial charge on any atom is -0.367 e. The van der Waals surface area contributed by atoms with Crippen LogP contribution in [0.25, 0.3) is 0 Å². The van der Waals surface area contributed by atoms with Gasteiger partial charge in [-0.3, -0.25) is 10.3 Å². The molecule has 1 fully saturated rings. The van der Waals surface area contributed by atoms with Crippen molar-refractivity contribution < 1.29 is 0 Å². The number of aromatic nitrogens is 2. The largest absolute Gasteiger partial charge is 0.367 e. The Morgan fingerprint density at radius 1 is 1.61 bits per heavy atom. The first-order valence-electron chi connectivity index (χ1n) is 6.21. The lowest BCUT2D eigenvalue weighted by molar-refractivity contribution is 0.277. The van der Waals surface area contributed by atoms with Crippen LogP contribution in [0.3, 0.4) is 0 Å². The van der Waals surface area contributed by atoms with E-state index in [9.17, 15) is 0 Å². The topological polar surface area (TPSA) is 79.1 Å². The van der Waals surface area contributed by atoms with Gasteiger partial charge in [-0.05, 0) is 41.9 Å². The Hall–Kier alpha value is -0.920. The van der Waals surface area contributed by atoms with Gasteiger partial charge in [-0.2, -0.15) is 4.98 Å². The quantitative estimate of drug-likeness (QED) is 0.563. The van der Waals surface area contributed by atoms with Crippen molar-refractivity contribution in [2.45, 2.75) is 25.8 Å². The van der Waals surface area contributed by atoms with Crippen LogP contribution in [0.4, 0.5) is 11.8 Å². The molecule has 1 saturated heterocycles. The predicted molar refractivity (Wildman–Crippen MR) is 76.3 cm³/mol. The fraction of sp³-hybridized carbons (Fsp3) is 0.636. The summed E-state index contributed by atoms with van der Waals surface area (Å²) in [6.45, 7) is 5.40. The van der Waals surface area contributed by atoms with E-state index >= 15 is 0 Å². The molecule has 0 amide bonds. The van der Waals surface area contributed by atoms with E-state index in [1.165, 1.54) is 19.4 Å². The van der Waals surface area contributed by atoms with Crippen LogP contribution in [0.5, 0.6) is 0 Å². The van der Waals surface area contributed by atoms with Crippen molar-refractivity contribution >= 4 is 27.7 Å². The molecule has 2 heterocycles. The SMILES string of the molecule is CCN1CCCC1CNc1nc(NN)ncc1Br. The van der Waals surface area contributed by atoms with Gasteiger partial charge < -0.3 is 5.32 Å². The number of rotatable bonds is 5. The number of nitrogen functional groups attached to an aromatic ring is 1. The van der Waals surface area contributed by atoms with Crippen LogP contribution < -0.4 is 16.6 Å². The average Bonchev–Trinajstić information content (AvgIpc) is 2.85. The maximum absolute atomic E-state index is 5.30. The van der Waals surface area contributed by atoms with Crippen LogP contribution in [0.1, 0.15) is 19.8 Å². The first kappa shape index (κ1) is 13.5. The van der Waals surface area contributed by atoms with Gasteiger partial charge >= 0.3 is 0 Å². The van der Waals surface area contributed by atoms with Gasteiger partial charge in [0.05, 0.1) is 4.47 Å². The molecule has 2 rings (SSSR count). The van der Waals surface area contributed by atoms with E-state index in [1.54, 1.807) is 6.20 Å². The van der Waals surface area contributed by atoms with Gasteiger partial charge in [-0.15, -0.1) is 0 Å². The fourth-order valence-corrected chi connectivity index (χ4v) is 2.65. The third kappa shape index (κ3) is 3.09. The molecule has 0 radical (unpaired) electrons. The Bertz CT molecular complexity index is 399. The summed E-state index contributed by atoms with van der Waals surface area (Å²) in [6.07, 6.45) is 4.21. The lowest BCUT2D eigenvalue weighted by Crippen LogP contribution is -2.34. The van der Waals surface area contributed by atoms with E-state index in [1.807, 2.05) is 0 Å². The van der Waals surface area contributed by atoms with E-state index in [2.05, 4.69) is 48.5 Å². The van der Waals surface area contributed by atoms with Crippen molar-refractivity contribution in [2.24, 2.45) is 5.84 Å². The Kier molecular flexibility index (Phi) is 4.73. The van der Waals surface area contributed by atoms with Crippen molar-refractivity contribution in [2.75, 3.05) is 30.4 Å². The normalized spacial score (nSPS) is 20.1. The Morgan fingerprint density at radius 3 is 3.17 bits per heavy atom. The minimum absolute atomic E-state index is 0.416. The Labute approximate surface area is 115 Å². The van der Waals surface area contributed by atoms with Gasteiger partial charge in [0.15, 0.2) is 0 Å². The summed E-state index contributed by atoms with van der Waals surface area (Å²) in [5, 5.41) is 3.36. The first-order valence-corrected chi connectivity index (χ1v) is 7.01. The third-order valence-electron chi connectivity index (χ3n) is 3.28. The van der Waals surface area contributed by atoms with Gasteiger partial charge in [-0.1, -0.05) is 6.92 Å². The minimum atomic E-state index is 0.416. The van der Waals surface area contributed by atoms with Crippen LogP contribution in [0.2, 0.25) is 0 Å². The molecule has 6 nitrogen and oxygen atoms in total. The molecule has 1 aromatic heterocycles. The molecule has 18 heavy (non-hydrogen) atoms. The van der Waals surface area contributed by atoms with Crippen molar-refractivity contribution in [1.29, 1.82) is 0 Å². The molecule has 0 bridgehead atoms. The number of nitrogens with two attached hydrogens (primary N) is 1. The smallest absolute Gasteiger partial charge is 0.239 e. The molecule has 1 atom stereocenters. The first-order chi connectivity index (χ1) is 8.74. The maximum atomic E-state index is 5.30. The zero-order valence-electron chi connectivity index (χ0n) is 10.5. The summed E-state index contributed by atoms with van der Waals surface area (Å²) in [5.41, 5.74) is 2.45. The van der Waals surface area contributed by atoms with Crippen LogP contribution in [0, 0.1) is 0 Å². The van der Waals surface area contributed by atoms with Gasteiger partial charge in [-0.25, -0.2) is 10.8 Å². The number of halogens is 1. The van der Waals surface area contributed by atoms with Gasteiger partial charge in [0.2, 0.25) is 5.95 Å². The Balaban J connectivity index is 1.97. The molecule has 1 aliphatic heterocycles. The van der Waals surface area contributed by atoms with Crippen molar-refractivity contribution in [1.82, 2.24) is 14.9 Å². The molecule has 0 aliphatic carbocycles. The molecule has 1 aliphatic rings. The number of nitrogens with zero attached hydrogens (tertiary/aromatic N) is 3. The molecule has 0 spiro atoms. The van der Waals surface area contributed by atoms with Crippen LogP contribution in [-0.4, -0.2) is 40.5 Å². The Morgan fingerprint density at radius 2 is 2.44 bits per heavy atom. The number of hydrogen-bond donors (Lipinski definition) is 3. The molecule has 4 N–H and O–H groups in total. The van der Waals surface area contributed by atoms with Gasteiger partial charge in [0.25, 0.3) is 0 Å². The molecule has 100 valence electrons.